The van der Waals surface area contributed by atoms with Crippen molar-refractivity contribution in [2.24, 2.45) is 0 Å². The van der Waals surface area contributed by atoms with E-state index in [0.717, 1.165) is 0 Å². The smallest absolute Gasteiger partial charge is 0.385 e. The van der Waals surface area contributed by atoms with Crippen molar-refractivity contribution in [3.8, 4) is 35.2 Å². The number of ether oxygens (including phenoxy) is 3. The number of esters is 1. The van der Waals surface area contributed by atoms with Gasteiger partial charge in [-0.2, -0.15) is 0 Å². The van der Waals surface area contributed by atoms with Crippen LogP contribution in [-0.4, -0.2) is 33.7 Å². The van der Waals surface area contributed by atoms with E-state index in [4.69, 9.17) is 18.6 Å². The summed E-state index contributed by atoms with van der Waals surface area (Å²) < 4.78 is 20.8. The van der Waals surface area contributed by atoms with Crippen molar-refractivity contribution >= 4 is 20.3 Å². The van der Waals surface area contributed by atoms with Crippen molar-refractivity contribution in [2.45, 2.75) is 38.9 Å². The highest BCUT2D eigenvalue weighted by Crippen LogP contribution is 2.36. The Morgan fingerprint density at radius 3 is 2.52 bits per heavy atom. The molecule has 142 valence electrons. The molecule has 0 N–H and O–H groups in total. The van der Waals surface area contributed by atoms with Gasteiger partial charge in [-0.3, -0.25) is 0 Å². The summed E-state index contributed by atoms with van der Waals surface area (Å²) in [6.07, 6.45) is 0. The van der Waals surface area contributed by atoms with E-state index in [1.54, 1.807) is 18.2 Å². The summed E-state index contributed by atoms with van der Waals surface area (Å²) in [6.45, 7) is 9.93. The van der Waals surface area contributed by atoms with E-state index >= 15 is 0 Å². The standard InChI is InChI=1S/C20H22O6Si/c1-20(2,3)27(4,5)26-19(22)7-6-12-23-18(21)11-9-15-8-10-16-17(13-15)25-14-24-16/h8,10,13H,12,14H2,1-5H3. The lowest BCUT2D eigenvalue weighted by molar-refractivity contribution is -0.135. The van der Waals surface area contributed by atoms with Crippen molar-refractivity contribution in [2.75, 3.05) is 13.4 Å². The molecule has 0 atom stereocenters. The normalized spacial score (nSPS) is 12.2. The van der Waals surface area contributed by atoms with E-state index in [0.29, 0.717) is 17.1 Å². The van der Waals surface area contributed by atoms with Gasteiger partial charge >= 0.3 is 11.9 Å². The second-order valence-electron chi connectivity index (χ2n) is 7.35. The number of rotatable bonds is 2. The van der Waals surface area contributed by atoms with E-state index in [2.05, 4.69) is 23.7 Å². The number of carbonyl (C=O) groups excluding carboxylic acids is 2. The van der Waals surface area contributed by atoms with Crippen molar-refractivity contribution in [1.29, 1.82) is 0 Å². The molecule has 6 nitrogen and oxygen atoms in total. The quantitative estimate of drug-likeness (QED) is 0.442. The Morgan fingerprint density at radius 2 is 1.81 bits per heavy atom. The van der Waals surface area contributed by atoms with Crippen molar-refractivity contribution in [1.82, 2.24) is 0 Å². The minimum atomic E-state index is -2.21. The molecule has 0 amide bonds. The molecule has 2 rings (SSSR count). The van der Waals surface area contributed by atoms with Gasteiger partial charge in [-0.25, -0.2) is 9.59 Å². The molecule has 1 heterocycles. The van der Waals surface area contributed by atoms with Crippen LogP contribution in [0.2, 0.25) is 18.1 Å². The van der Waals surface area contributed by atoms with Gasteiger partial charge in [0.25, 0.3) is 8.32 Å². The number of fused-ring (bicyclic) bond motifs is 1. The van der Waals surface area contributed by atoms with Gasteiger partial charge in [-0.1, -0.05) is 26.7 Å². The van der Waals surface area contributed by atoms with Gasteiger partial charge in [0.15, 0.2) is 18.1 Å². The minimum absolute atomic E-state index is 0.0961. The van der Waals surface area contributed by atoms with Crippen LogP contribution in [-0.2, 0) is 18.8 Å². The fraction of sp³-hybridized carbons (Fsp3) is 0.400. The van der Waals surface area contributed by atoms with Crippen LogP contribution in [0.25, 0.3) is 0 Å². The molecule has 1 aliphatic heterocycles. The molecular weight excluding hydrogens is 364 g/mol. The van der Waals surface area contributed by atoms with Gasteiger partial charge in [0.05, 0.1) is 0 Å². The summed E-state index contributed by atoms with van der Waals surface area (Å²) in [4.78, 5) is 23.4. The molecule has 0 saturated heterocycles. The topological polar surface area (TPSA) is 71.1 Å². The van der Waals surface area contributed by atoms with Crippen LogP contribution in [0.3, 0.4) is 0 Å². The second kappa shape index (κ2) is 8.19. The van der Waals surface area contributed by atoms with Crippen LogP contribution in [0, 0.1) is 23.7 Å². The Labute approximate surface area is 160 Å². The maximum Gasteiger partial charge on any atom is 0.385 e. The highest BCUT2D eigenvalue weighted by molar-refractivity contribution is 6.75. The molecule has 1 aromatic rings. The van der Waals surface area contributed by atoms with E-state index in [1.807, 2.05) is 33.9 Å². The Morgan fingerprint density at radius 1 is 1.11 bits per heavy atom. The lowest BCUT2D eigenvalue weighted by Crippen LogP contribution is -2.42. The third kappa shape index (κ3) is 5.80. The second-order valence-corrected chi connectivity index (χ2v) is 12.1. The van der Waals surface area contributed by atoms with Crippen molar-refractivity contribution in [3.63, 3.8) is 0 Å². The van der Waals surface area contributed by atoms with Crippen LogP contribution in [0.15, 0.2) is 18.2 Å². The average molecular weight is 386 g/mol. The Bertz CT molecular complexity index is 858. The molecule has 0 radical (unpaired) electrons. The van der Waals surface area contributed by atoms with Crippen LogP contribution in [0.5, 0.6) is 11.5 Å². The summed E-state index contributed by atoms with van der Waals surface area (Å²) in [5, 5.41) is -0.0961. The van der Waals surface area contributed by atoms with Gasteiger partial charge in [0, 0.05) is 17.4 Å². The first-order valence-electron chi connectivity index (χ1n) is 8.39. The Kier molecular flexibility index (Phi) is 6.19. The number of carbonyl (C=O) groups is 2. The monoisotopic (exact) mass is 386 g/mol. The van der Waals surface area contributed by atoms with Crippen LogP contribution < -0.4 is 9.47 Å². The first-order chi connectivity index (χ1) is 12.6. The van der Waals surface area contributed by atoms with E-state index < -0.39 is 20.3 Å². The van der Waals surface area contributed by atoms with Crippen LogP contribution in [0.4, 0.5) is 0 Å². The molecule has 7 heteroatoms. The van der Waals surface area contributed by atoms with Crippen LogP contribution >= 0.6 is 0 Å². The van der Waals surface area contributed by atoms with Gasteiger partial charge in [-0.15, -0.1) is 0 Å². The first kappa shape index (κ1) is 20.4. The third-order valence-electron chi connectivity index (χ3n) is 4.30. The van der Waals surface area contributed by atoms with Crippen molar-refractivity contribution < 1.29 is 28.2 Å². The lowest BCUT2D eigenvalue weighted by Gasteiger charge is -2.34. The molecule has 0 bridgehead atoms. The molecular formula is C20H22O6Si. The molecule has 27 heavy (non-hydrogen) atoms. The lowest BCUT2D eigenvalue weighted by atomic mass is 10.2. The van der Waals surface area contributed by atoms with Gasteiger partial charge in [-0.05, 0) is 42.3 Å². The van der Waals surface area contributed by atoms with E-state index in [9.17, 15) is 9.59 Å². The maximum atomic E-state index is 11.8. The molecule has 0 fully saturated rings. The number of benzene rings is 1. The molecule has 1 aliphatic rings. The largest absolute Gasteiger partial charge is 0.510 e. The molecule has 0 aromatic heterocycles. The summed E-state index contributed by atoms with van der Waals surface area (Å²) in [6, 6.07) is 5.11. The number of hydrogen-bond donors (Lipinski definition) is 0. The predicted molar refractivity (Wildman–Crippen MR) is 101 cm³/mol. The predicted octanol–water partition coefficient (Wildman–Crippen LogP) is 2.86. The molecule has 0 aliphatic carbocycles. The van der Waals surface area contributed by atoms with Gasteiger partial charge in [0.1, 0.15) is 0 Å². The molecule has 1 aromatic carbocycles. The highest BCUT2D eigenvalue weighted by atomic mass is 28.4. The minimum Gasteiger partial charge on any atom is -0.510 e. The molecule has 0 unspecified atom stereocenters. The fourth-order valence-corrected chi connectivity index (χ4v) is 2.57. The van der Waals surface area contributed by atoms with E-state index in [-0.39, 0.29) is 18.4 Å². The zero-order valence-corrected chi connectivity index (χ0v) is 17.1. The SMILES string of the molecule is CC(C)(C)[Si](C)(C)OC(=O)C#CCOC(=O)C#Cc1ccc2c(c1)OCO2. The summed E-state index contributed by atoms with van der Waals surface area (Å²) >= 11 is 0. The maximum absolute atomic E-state index is 11.8. The molecule has 0 spiro atoms. The Balaban J connectivity index is 1.82. The number of hydrogen-bond acceptors (Lipinski definition) is 6. The fourth-order valence-electron chi connectivity index (χ4n) is 1.75. The average Bonchev–Trinajstić information content (AvgIpc) is 3.03. The third-order valence-corrected chi connectivity index (χ3v) is 8.61. The van der Waals surface area contributed by atoms with Gasteiger partial charge < -0.3 is 18.6 Å². The Hall–Kier alpha value is -2.90. The highest BCUT2D eigenvalue weighted by Gasteiger charge is 2.40. The zero-order valence-electron chi connectivity index (χ0n) is 16.1. The molecule has 0 saturated carbocycles. The van der Waals surface area contributed by atoms with Gasteiger partial charge in [0.2, 0.25) is 6.79 Å². The van der Waals surface area contributed by atoms with E-state index in [1.165, 1.54) is 0 Å². The zero-order chi connectivity index (χ0) is 20.1. The summed E-state index contributed by atoms with van der Waals surface area (Å²) in [7, 11) is -2.21. The van der Waals surface area contributed by atoms with Crippen LogP contribution in [0.1, 0.15) is 26.3 Å². The summed E-state index contributed by atoms with van der Waals surface area (Å²) in [5.74, 6) is 9.72. The summed E-state index contributed by atoms with van der Waals surface area (Å²) in [5.41, 5.74) is 0.597. The first-order valence-corrected chi connectivity index (χ1v) is 11.3. The van der Waals surface area contributed by atoms with Crippen molar-refractivity contribution in [3.05, 3.63) is 23.8 Å².